The van der Waals surface area contributed by atoms with Crippen LogP contribution >= 0.6 is 0 Å². The molecule has 0 saturated heterocycles. The zero-order valence-corrected chi connectivity index (χ0v) is 15.7. The minimum atomic E-state index is -0.874. The number of benzene rings is 2. The summed E-state index contributed by atoms with van der Waals surface area (Å²) in [6.07, 6.45) is 0.778. The zero-order valence-electron chi connectivity index (χ0n) is 15.7. The van der Waals surface area contributed by atoms with Gasteiger partial charge in [0, 0.05) is 16.9 Å². The molecule has 0 aliphatic heterocycles. The number of aryl methyl sites for hydroxylation is 2. The molecule has 0 amide bonds. The van der Waals surface area contributed by atoms with E-state index in [1.807, 2.05) is 49.4 Å². The van der Waals surface area contributed by atoms with Crippen molar-refractivity contribution in [1.82, 2.24) is 0 Å². The first kappa shape index (κ1) is 20.9. The molecular formula is C23H16N4O2. The van der Waals surface area contributed by atoms with Gasteiger partial charge in [-0.1, -0.05) is 35.9 Å². The smallest absolute Gasteiger partial charge is 0.303 e. The van der Waals surface area contributed by atoms with Crippen LogP contribution in [0.3, 0.4) is 0 Å². The van der Waals surface area contributed by atoms with Gasteiger partial charge in [0.25, 0.3) is 0 Å². The molecule has 0 unspecified atom stereocenters. The third-order valence-corrected chi connectivity index (χ3v) is 4.33. The highest BCUT2D eigenvalue weighted by Gasteiger charge is 2.08. The van der Waals surface area contributed by atoms with Crippen LogP contribution in [0.15, 0.2) is 36.4 Å². The summed E-state index contributed by atoms with van der Waals surface area (Å²) < 4.78 is 0. The Kier molecular flexibility index (Phi) is 6.86. The van der Waals surface area contributed by atoms with Crippen LogP contribution in [0, 0.1) is 52.2 Å². The van der Waals surface area contributed by atoms with Gasteiger partial charge in [-0.15, -0.1) is 0 Å². The van der Waals surface area contributed by atoms with Crippen molar-refractivity contribution in [3.63, 3.8) is 0 Å². The molecule has 140 valence electrons. The Morgan fingerprint density at radius 3 is 2.10 bits per heavy atom. The molecule has 0 aliphatic rings. The van der Waals surface area contributed by atoms with Crippen molar-refractivity contribution in [2.45, 2.75) is 26.2 Å². The van der Waals surface area contributed by atoms with Gasteiger partial charge in [-0.05, 0) is 42.5 Å². The Hall–Kier alpha value is -4.39. The van der Waals surface area contributed by atoms with Crippen LogP contribution < -0.4 is 10.4 Å². The van der Waals surface area contributed by atoms with Gasteiger partial charge in [-0.3, -0.25) is 4.79 Å². The first-order valence-corrected chi connectivity index (χ1v) is 8.71. The molecule has 29 heavy (non-hydrogen) atoms. The lowest BCUT2D eigenvalue weighted by Crippen LogP contribution is -2.19. The van der Waals surface area contributed by atoms with Crippen LogP contribution in [0.25, 0.3) is 11.1 Å². The van der Waals surface area contributed by atoms with Crippen LogP contribution in [0.4, 0.5) is 0 Å². The first-order chi connectivity index (χ1) is 13.9. The molecule has 2 rings (SSSR count). The highest BCUT2D eigenvalue weighted by molar-refractivity contribution is 5.75. The number of hydrogen-bond acceptors (Lipinski definition) is 5. The highest BCUT2D eigenvalue weighted by Crippen LogP contribution is 2.14. The van der Waals surface area contributed by atoms with Crippen molar-refractivity contribution in [3.05, 3.63) is 69.1 Å². The third kappa shape index (κ3) is 5.30. The van der Waals surface area contributed by atoms with Crippen LogP contribution in [0.5, 0.6) is 0 Å². The second-order valence-corrected chi connectivity index (χ2v) is 6.47. The highest BCUT2D eigenvalue weighted by atomic mass is 16.4. The molecule has 0 radical (unpaired) electrons. The Balaban J connectivity index is 2.66. The number of rotatable bonds is 5. The molecular weight excluding hydrogens is 364 g/mol. The number of aliphatic carboxylic acids is 1. The molecule has 2 aromatic carbocycles. The quantitative estimate of drug-likeness (QED) is 0.843. The van der Waals surface area contributed by atoms with Gasteiger partial charge in [0.15, 0.2) is 0 Å². The van der Waals surface area contributed by atoms with Gasteiger partial charge in [-0.2, -0.15) is 21.0 Å². The summed E-state index contributed by atoms with van der Waals surface area (Å²) in [5, 5.41) is 46.6. The predicted octanol–water partition coefficient (Wildman–Crippen LogP) is 2.00. The zero-order chi connectivity index (χ0) is 21.4. The molecule has 0 saturated carbocycles. The molecule has 0 bridgehead atoms. The van der Waals surface area contributed by atoms with Crippen LogP contribution in [-0.2, 0) is 17.6 Å². The lowest BCUT2D eigenvalue weighted by Gasteiger charge is -2.09. The summed E-state index contributed by atoms with van der Waals surface area (Å²) in [7, 11) is 0. The number of nitriles is 4. The van der Waals surface area contributed by atoms with E-state index >= 15 is 0 Å². The summed E-state index contributed by atoms with van der Waals surface area (Å²) in [5.74, 6) is -0.874. The van der Waals surface area contributed by atoms with E-state index in [9.17, 15) is 15.3 Å². The van der Waals surface area contributed by atoms with Gasteiger partial charge in [0.05, 0.1) is 0 Å². The van der Waals surface area contributed by atoms with Crippen molar-refractivity contribution in [2.24, 2.45) is 0 Å². The normalized spacial score (nSPS) is 9.41. The van der Waals surface area contributed by atoms with E-state index in [1.165, 1.54) is 0 Å². The number of carboxylic acids is 1. The maximum Gasteiger partial charge on any atom is 0.303 e. The molecule has 0 heterocycles. The van der Waals surface area contributed by atoms with Crippen molar-refractivity contribution >= 4 is 17.1 Å². The first-order valence-electron chi connectivity index (χ1n) is 8.71. The van der Waals surface area contributed by atoms with Gasteiger partial charge >= 0.3 is 5.97 Å². The van der Waals surface area contributed by atoms with Crippen LogP contribution in [0.2, 0.25) is 0 Å². The average Bonchev–Trinajstić information content (AvgIpc) is 2.69. The molecule has 0 aromatic heterocycles. The Morgan fingerprint density at radius 1 is 0.897 bits per heavy atom. The summed E-state index contributed by atoms with van der Waals surface area (Å²) in [6.45, 7) is 1.91. The minimum absolute atomic E-state index is 0.0209. The number of carbonyl (C=O) groups is 1. The molecule has 0 fully saturated rings. The number of carboxylic acid groups (broad SMARTS) is 1. The van der Waals surface area contributed by atoms with E-state index in [4.69, 9.17) is 15.6 Å². The van der Waals surface area contributed by atoms with Crippen LogP contribution in [-0.4, -0.2) is 11.1 Å². The Bertz CT molecular complexity index is 1230. The van der Waals surface area contributed by atoms with Gasteiger partial charge in [0.1, 0.15) is 35.4 Å². The van der Waals surface area contributed by atoms with Crippen molar-refractivity contribution in [1.29, 1.82) is 21.0 Å². The molecule has 0 atom stereocenters. The second kappa shape index (κ2) is 9.52. The fourth-order valence-electron chi connectivity index (χ4n) is 3.10. The molecule has 6 nitrogen and oxygen atoms in total. The van der Waals surface area contributed by atoms with Crippen molar-refractivity contribution < 1.29 is 9.90 Å². The fraction of sp³-hybridized carbons (Fsp3) is 0.174. The predicted molar refractivity (Wildman–Crippen MR) is 105 cm³/mol. The monoisotopic (exact) mass is 380 g/mol. The molecule has 1 N–H and O–H groups in total. The molecule has 2 aromatic rings. The van der Waals surface area contributed by atoms with Crippen LogP contribution in [0.1, 0.15) is 28.7 Å². The van der Waals surface area contributed by atoms with Crippen molar-refractivity contribution in [3.8, 4) is 24.3 Å². The van der Waals surface area contributed by atoms with Gasteiger partial charge < -0.3 is 5.11 Å². The van der Waals surface area contributed by atoms with E-state index in [0.29, 0.717) is 28.8 Å². The maximum absolute atomic E-state index is 10.9. The summed E-state index contributed by atoms with van der Waals surface area (Å²) >= 11 is 0. The summed E-state index contributed by atoms with van der Waals surface area (Å²) in [6, 6.07) is 18.0. The Morgan fingerprint density at radius 2 is 1.52 bits per heavy atom. The lowest BCUT2D eigenvalue weighted by molar-refractivity contribution is -0.136. The number of nitrogens with zero attached hydrogens (tertiary/aromatic N) is 4. The SMILES string of the molecule is Cc1cc(CCC(=O)O)cc(Cc2cc(=C(C#N)C#N)ccc2=C(C#N)C#N)c1. The molecule has 6 heteroatoms. The largest absolute Gasteiger partial charge is 0.481 e. The summed E-state index contributed by atoms with van der Waals surface area (Å²) in [4.78, 5) is 10.9. The minimum Gasteiger partial charge on any atom is -0.481 e. The summed E-state index contributed by atoms with van der Waals surface area (Å²) in [5.41, 5.74) is 3.26. The molecule has 0 aliphatic carbocycles. The van der Waals surface area contributed by atoms with E-state index < -0.39 is 5.97 Å². The topological polar surface area (TPSA) is 132 Å². The maximum atomic E-state index is 10.9. The Labute approximate surface area is 168 Å². The van der Waals surface area contributed by atoms with E-state index in [0.717, 1.165) is 16.7 Å². The van der Waals surface area contributed by atoms with E-state index in [1.54, 1.807) is 18.2 Å². The van der Waals surface area contributed by atoms with E-state index in [-0.39, 0.29) is 17.6 Å². The van der Waals surface area contributed by atoms with E-state index in [2.05, 4.69) is 0 Å². The second-order valence-electron chi connectivity index (χ2n) is 6.47. The van der Waals surface area contributed by atoms with Gasteiger partial charge in [-0.25, -0.2) is 0 Å². The third-order valence-electron chi connectivity index (χ3n) is 4.33. The van der Waals surface area contributed by atoms with Gasteiger partial charge in [0.2, 0.25) is 0 Å². The van der Waals surface area contributed by atoms with Crippen molar-refractivity contribution in [2.75, 3.05) is 0 Å². The molecule has 0 spiro atoms. The standard InChI is InChI=1S/C23H16N4O2/c1-15-6-16(2-5-23(28)29)8-17(7-15)9-19-10-18(20(11-24)12-25)3-4-22(19)21(13-26)14-27/h3-4,6-8,10H,2,5,9H2,1H3,(H,28,29). The average molecular weight is 380 g/mol. The lowest BCUT2D eigenvalue weighted by atomic mass is 9.95. The number of hydrogen-bond donors (Lipinski definition) is 1. The fourth-order valence-corrected chi connectivity index (χ4v) is 3.10.